The smallest absolute Gasteiger partial charge is 0.274 e. The Morgan fingerprint density at radius 3 is 2.65 bits per heavy atom. The van der Waals surface area contributed by atoms with Crippen LogP contribution in [0.2, 0.25) is 0 Å². The van der Waals surface area contributed by atoms with Crippen LogP contribution in [0.15, 0.2) is 34.8 Å². The van der Waals surface area contributed by atoms with Crippen LogP contribution < -0.4 is 5.32 Å². The average molecular weight is 377 g/mol. The highest BCUT2D eigenvalue weighted by Gasteiger charge is 2.19. The van der Waals surface area contributed by atoms with Gasteiger partial charge in [0.25, 0.3) is 5.91 Å². The molecule has 0 aliphatic carbocycles. The van der Waals surface area contributed by atoms with Crippen LogP contribution in [0.25, 0.3) is 0 Å². The van der Waals surface area contributed by atoms with E-state index in [1.54, 1.807) is 17.0 Å². The molecule has 0 saturated carbocycles. The van der Waals surface area contributed by atoms with Crippen LogP contribution in [0.3, 0.4) is 0 Å². The summed E-state index contributed by atoms with van der Waals surface area (Å²) in [6.07, 6.45) is 0. The molecule has 0 spiro atoms. The largest absolute Gasteiger partial charge is 0.378 e. The summed E-state index contributed by atoms with van der Waals surface area (Å²) in [5.41, 5.74) is 2.40. The van der Waals surface area contributed by atoms with Crippen LogP contribution in [0.5, 0.6) is 0 Å². The summed E-state index contributed by atoms with van der Waals surface area (Å²) in [7, 11) is 0. The summed E-state index contributed by atoms with van der Waals surface area (Å²) < 4.78 is 6.30. The van der Waals surface area contributed by atoms with Gasteiger partial charge in [0.2, 0.25) is 0 Å². The average Bonchev–Trinajstić information content (AvgIpc) is 2.59. The molecule has 0 unspecified atom stereocenters. The number of carbonyl (C=O) groups is 1. The predicted molar refractivity (Wildman–Crippen MR) is 90.9 cm³/mol. The lowest BCUT2D eigenvalue weighted by atomic mass is 10.2. The lowest BCUT2D eigenvalue weighted by molar-refractivity contribution is 0.0298. The van der Waals surface area contributed by atoms with Gasteiger partial charge in [-0.25, -0.2) is 0 Å². The third kappa shape index (κ3) is 3.86. The number of rotatable bonds is 3. The maximum atomic E-state index is 12.3. The second-order valence-electron chi connectivity index (χ2n) is 5.30. The minimum atomic E-state index is -0.105. The van der Waals surface area contributed by atoms with Gasteiger partial charge in [0.15, 0.2) is 11.5 Å². The maximum Gasteiger partial charge on any atom is 0.274 e. The number of benzene rings is 1. The van der Waals surface area contributed by atoms with Crippen molar-refractivity contribution < 1.29 is 9.53 Å². The fourth-order valence-electron chi connectivity index (χ4n) is 2.31. The van der Waals surface area contributed by atoms with Crippen molar-refractivity contribution in [1.82, 2.24) is 15.1 Å². The summed E-state index contributed by atoms with van der Waals surface area (Å²) in [5, 5.41) is 11.3. The number of anilines is 2. The number of ether oxygens (including phenoxy) is 1. The SMILES string of the molecule is Cc1cc(Nc2ccc(C(=O)N3CCOCC3)nn2)ccc1Br. The first-order valence-electron chi connectivity index (χ1n) is 7.37. The number of halogens is 1. The van der Waals surface area contributed by atoms with Crippen LogP contribution in [0, 0.1) is 6.92 Å². The number of nitrogens with one attached hydrogen (secondary N) is 1. The van der Waals surface area contributed by atoms with E-state index in [0.29, 0.717) is 37.8 Å². The summed E-state index contributed by atoms with van der Waals surface area (Å²) in [5.74, 6) is 0.497. The molecule has 0 radical (unpaired) electrons. The second kappa shape index (κ2) is 7.06. The lowest BCUT2D eigenvalue weighted by Gasteiger charge is -2.26. The number of hydrogen-bond acceptors (Lipinski definition) is 5. The van der Waals surface area contributed by atoms with Gasteiger partial charge in [-0.3, -0.25) is 4.79 Å². The van der Waals surface area contributed by atoms with Crippen LogP contribution in [-0.4, -0.2) is 47.3 Å². The minimum absolute atomic E-state index is 0.105. The number of nitrogens with zero attached hydrogens (tertiary/aromatic N) is 3. The molecule has 1 saturated heterocycles. The van der Waals surface area contributed by atoms with E-state index < -0.39 is 0 Å². The van der Waals surface area contributed by atoms with Crippen molar-refractivity contribution in [1.29, 1.82) is 0 Å². The molecule has 0 atom stereocenters. The molecule has 23 heavy (non-hydrogen) atoms. The molecule has 1 aliphatic rings. The van der Waals surface area contributed by atoms with Gasteiger partial charge in [0.05, 0.1) is 13.2 Å². The lowest BCUT2D eigenvalue weighted by Crippen LogP contribution is -2.41. The molecule has 120 valence electrons. The fraction of sp³-hybridized carbons (Fsp3) is 0.312. The number of aryl methyl sites for hydroxylation is 1. The van der Waals surface area contributed by atoms with E-state index in [2.05, 4.69) is 31.4 Å². The van der Waals surface area contributed by atoms with Crippen molar-refractivity contribution in [3.8, 4) is 0 Å². The highest BCUT2D eigenvalue weighted by molar-refractivity contribution is 9.10. The van der Waals surface area contributed by atoms with Crippen molar-refractivity contribution in [3.63, 3.8) is 0 Å². The van der Waals surface area contributed by atoms with Crippen molar-refractivity contribution in [3.05, 3.63) is 46.1 Å². The summed E-state index contributed by atoms with van der Waals surface area (Å²) in [6.45, 7) is 4.35. The topological polar surface area (TPSA) is 67.4 Å². The molecule has 1 aliphatic heterocycles. The first kappa shape index (κ1) is 15.9. The Morgan fingerprint density at radius 2 is 2.00 bits per heavy atom. The van der Waals surface area contributed by atoms with E-state index in [4.69, 9.17) is 4.74 Å². The van der Waals surface area contributed by atoms with Crippen LogP contribution in [-0.2, 0) is 4.74 Å². The van der Waals surface area contributed by atoms with Crippen molar-refractivity contribution in [2.24, 2.45) is 0 Å². The molecule has 1 fully saturated rings. The van der Waals surface area contributed by atoms with E-state index >= 15 is 0 Å². The predicted octanol–water partition coefficient (Wildman–Crippen LogP) is 2.76. The zero-order valence-corrected chi connectivity index (χ0v) is 14.3. The number of hydrogen-bond donors (Lipinski definition) is 1. The van der Waals surface area contributed by atoms with Crippen molar-refractivity contribution in [2.75, 3.05) is 31.6 Å². The highest BCUT2D eigenvalue weighted by atomic mass is 79.9. The summed E-state index contributed by atoms with van der Waals surface area (Å²) >= 11 is 3.47. The Morgan fingerprint density at radius 1 is 1.22 bits per heavy atom. The number of morpholine rings is 1. The van der Waals surface area contributed by atoms with Gasteiger partial charge >= 0.3 is 0 Å². The maximum absolute atomic E-state index is 12.3. The normalized spacial score (nSPS) is 14.6. The van der Waals surface area contributed by atoms with E-state index in [1.807, 2.05) is 25.1 Å². The van der Waals surface area contributed by atoms with E-state index in [9.17, 15) is 4.79 Å². The standard InChI is InChI=1S/C16H17BrN4O2/c1-11-10-12(2-3-13(11)17)18-15-5-4-14(19-20-15)16(22)21-6-8-23-9-7-21/h2-5,10H,6-9H2,1H3,(H,18,20). The minimum Gasteiger partial charge on any atom is -0.378 e. The van der Waals surface area contributed by atoms with Crippen LogP contribution in [0.1, 0.15) is 16.1 Å². The molecule has 3 rings (SSSR count). The Labute approximate surface area is 143 Å². The first-order chi connectivity index (χ1) is 11.1. The van der Waals surface area contributed by atoms with Gasteiger partial charge in [-0.15, -0.1) is 10.2 Å². The van der Waals surface area contributed by atoms with Crippen LogP contribution >= 0.6 is 15.9 Å². The molecule has 2 heterocycles. The number of carbonyl (C=O) groups excluding carboxylic acids is 1. The molecule has 6 nitrogen and oxygen atoms in total. The Balaban J connectivity index is 1.68. The molecule has 7 heteroatoms. The summed E-state index contributed by atoms with van der Waals surface area (Å²) in [6, 6.07) is 9.39. The molecular weight excluding hydrogens is 360 g/mol. The molecule has 1 aromatic carbocycles. The van der Waals surface area contributed by atoms with E-state index in [0.717, 1.165) is 15.7 Å². The molecular formula is C16H17BrN4O2. The zero-order chi connectivity index (χ0) is 16.2. The van der Waals surface area contributed by atoms with Gasteiger partial charge < -0.3 is 15.0 Å². The molecule has 1 aromatic heterocycles. The molecule has 1 N–H and O–H groups in total. The monoisotopic (exact) mass is 376 g/mol. The van der Waals surface area contributed by atoms with Gasteiger partial charge in [-0.2, -0.15) is 0 Å². The summed E-state index contributed by atoms with van der Waals surface area (Å²) in [4.78, 5) is 14.0. The third-order valence-electron chi connectivity index (χ3n) is 3.61. The third-order valence-corrected chi connectivity index (χ3v) is 4.50. The number of amides is 1. The molecule has 2 aromatic rings. The Bertz CT molecular complexity index is 700. The van der Waals surface area contributed by atoms with E-state index in [1.165, 1.54) is 0 Å². The molecule has 0 bridgehead atoms. The first-order valence-corrected chi connectivity index (χ1v) is 8.17. The van der Waals surface area contributed by atoms with Crippen LogP contribution in [0.4, 0.5) is 11.5 Å². The van der Waals surface area contributed by atoms with Crippen molar-refractivity contribution >= 4 is 33.3 Å². The fourth-order valence-corrected chi connectivity index (χ4v) is 2.56. The Hall–Kier alpha value is -1.99. The van der Waals surface area contributed by atoms with Gasteiger partial charge in [-0.05, 0) is 42.8 Å². The second-order valence-corrected chi connectivity index (χ2v) is 6.15. The van der Waals surface area contributed by atoms with Gasteiger partial charge in [0.1, 0.15) is 0 Å². The number of aromatic nitrogens is 2. The molecule has 1 amide bonds. The Kier molecular flexibility index (Phi) is 4.88. The quantitative estimate of drug-likeness (QED) is 0.891. The van der Waals surface area contributed by atoms with Gasteiger partial charge in [0, 0.05) is 23.2 Å². The van der Waals surface area contributed by atoms with Crippen molar-refractivity contribution in [2.45, 2.75) is 6.92 Å². The van der Waals surface area contributed by atoms with E-state index in [-0.39, 0.29) is 5.91 Å². The van der Waals surface area contributed by atoms with Gasteiger partial charge in [-0.1, -0.05) is 15.9 Å². The highest BCUT2D eigenvalue weighted by Crippen LogP contribution is 2.22. The zero-order valence-electron chi connectivity index (χ0n) is 12.8.